The molecule has 2 aliphatic heterocycles. The topological polar surface area (TPSA) is 61.4 Å². The number of piperidine rings is 1. The lowest BCUT2D eigenvalue weighted by Gasteiger charge is -2.44. The quantitative estimate of drug-likeness (QED) is 0.885. The molecule has 0 bridgehead atoms. The molecule has 6 heteroatoms. The number of rotatable bonds is 3. The maximum Gasteiger partial charge on any atom is 0.233 e. The fourth-order valence-corrected chi connectivity index (χ4v) is 3.64. The van der Waals surface area contributed by atoms with Crippen LogP contribution in [0.2, 0.25) is 0 Å². The average Bonchev–Trinajstić information content (AvgIpc) is 2.91. The average molecular weight is 289 g/mol. The van der Waals surface area contributed by atoms with Crippen molar-refractivity contribution in [3.05, 3.63) is 18.5 Å². The Kier molecular flexibility index (Phi) is 4.05. The van der Waals surface area contributed by atoms with Crippen LogP contribution in [0.4, 0.5) is 5.95 Å². The van der Waals surface area contributed by atoms with Crippen molar-refractivity contribution in [3.63, 3.8) is 0 Å². The molecule has 21 heavy (non-hydrogen) atoms. The van der Waals surface area contributed by atoms with Gasteiger partial charge in [0.2, 0.25) is 11.9 Å². The molecule has 0 unspecified atom stereocenters. The molecule has 1 amide bonds. The zero-order valence-corrected chi connectivity index (χ0v) is 12.6. The number of nitrogens with one attached hydrogen (secondary N) is 1. The lowest BCUT2D eigenvalue weighted by Crippen LogP contribution is -2.54. The van der Waals surface area contributed by atoms with Crippen LogP contribution in [0.25, 0.3) is 0 Å². The summed E-state index contributed by atoms with van der Waals surface area (Å²) in [6.45, 7) is 3.50. The van der Waals surface area contributed by atoms with Gasteiger partial charge in [0.15, 0.2) is 0 Å². The molecular formula is C15H23N5O. The number of anilines is 1. The van der Waals surface area contributed by atoms with Crippen LogP contribution in [0.1, 0.15) is 25.7 Å². The molecule has 0 aliphatic carbocycles. The van der Waals surface area contributed by atoms with E-state index in [4.69, 9.17) is 0 Å². The highest BCUT2D eigenvalue weighted by atomic mass is 16.1. The number of nitrogens with zero attached hydrogens (tertiary/aromatic N) is 4. The van der Waals surface area contributed by atoms with E-state index in [0.29, 0.717) is 6.54 Å². The van der Waals surface area contributed by atoms with E-state index < -0.39 is 0 Å². The van der Waals surface area contributed by atoms with Crippen molar-refractivity contribution in [2.45, 2.75) is 31.2 Å². The fraction of sp³-hybridized carbons (Fsp3) is 0.667. The first kappa shape index (κ1) is 14.3. The van der Waals surface area contributed by atoms with E-state index >= 15 is 0 Å². The second-order valence-electron chi connectivity index (χ2n) is 5.96. The number of carbonyl (C=O) groups is 1. The van der Waals surface area contributed by atoms with Crippen LogP contribution < -0.4 is 10.2 Å². The van der Waals surface area contributed by atoms with Crippen LogP contribution in [0.3, 0.4) is 0 Å². The number of likely N-dealkylation sites (tertiary alicyclic amines) is 1. The fourth-order valence-electron chi connectivity index (χ4n) is 3.64. The van der Waals surface area contributed by atoms with Gasteiger partial charge in [0, 0.05) is 38.1 Å². The maximum absolute atomic E-state index is 11.7. The number of hydrogen-bond acceptors (Lipinski definition) is 5. The lowest BCUT2D eigenvalue weighted by molar-refractivity contribution is -0.123. The largest absolute Gasteiger partial charge is 0.358 e. The summed E-state index contributed by atoms with van der Waals surface area (Å²) < 4.78 is 0. The van der Waals surface area contributed by atoms with Crippen molar-refractivity contribution in [3.8, 4) is 0 Å². The summed E-state index contributed by atoms with van der Waals surface area (Å²) in [6, 6.07) is 1.84. The van der Waals surface area contributed by atoms with E-state index in [1.807, 2.05) is 6.07 Å². The Balaban J connectivity index is 1.65. The Morgan fingerprint density at radius 2 is 1.95 bits per heavy atom. The van der Waals surface area contributed by atoms with Crippen molar-refractivity contribution in [2.24, 2.45) is 0 Å². The Morgan fingerprint density at radius 3 is 2.62 bits per heavy atom. The van der Waals surface area contributed by atoms with Crippen LogP contribution >= 0.6 is 0 Å². The zero-order valence-electron chi connectivity index (χ0n) is 12.6. The number of carbonyl (C=O) groups excluding carboxylic acids is 1. The minimum absolute atomic E-state index is 0.116. The third-order valence-electron chi connectivity index (χ3n) is 4.88. The summed E-state index contributed by atoms with van der Waals surface area (Å²) in [5, 5.41) is 2.74. The SMILES string of the molecule is CNC(=O)CN1CCCC12CCN(c1ncccn1)CC2. The van der Waals surface area contributed by atoms with Crippen LogP contribution in [0.5, 0.6) is 0 Å². The number of amides is 1. The Hall–Kier alpha value is -1.69. The second-order valence-corrected chi connectivity index (χ2v) is 5.96. The smallest absolute Gasteiger partial charge is 0.233 e. The van der Waals surface area contributed by atoms with E-state index in [0.717, 1.165) is 38.4 Å². The van der Waals surface area contributed by atoms with Crippen molar-refractivity contribution in [1.29, 1.82) is 0 Å². The van der Waals surface area contributed by atoms with Gasteiger partial charge in [-0.2, -0.15) is 0 Å². The first-order chi connectivity index (χ1) is 10.2. The van der Waals surface area contributed by atoms with E-state index in [1.54, 1.807) is 19.4 Å². The van der Waals surface area contributed by atoms with Gasteiger partial charge in [0.05, 0.1) is 6.54 Å². The van der Waals surface area contributed by atoms with Gasteiger partial charge in [0.1, 0.15) is 0 Å². The van der Waals surface area contributed by atoms with Gasteiger partial charge in [-0.3, -0.25) is 9.69 Å². The molecule has 0 radical (unpaired) electrons. The van der Waals surface area contributed by atoms with Crippen molar-refractivity contribution < 1.29 is 4.79 Å². The van der Waals surface area contributed by atoms with Gasteiger partial charge in [-0.15, -0.1) is 0 Å². The molecule has 1 aromatic heterocycles. The highest BCUT2D eigenvalue weighted by Crippen LogP contribution is 2.38. The number of likely N-dealkylation sites (N-methyl/N-ethyl adjacent to an activating group) is 1. The van der Waals surface area contributed by atoms with Crippen LogP contribution in [-0.2, 0) is 4.79 Å². The van der Waals surface area contributed by atoms with Crippen LogP contribution in [0.15, 0.2) is 18.5 Å². The lowest BCUT2D eigenvalue weighted by atomic mass is 9.85. The van der Waals surface area contributed by atoms with Gasteiger partial charge in [-0.05, 0) is 38.3 Å². The third kappa shape index (κ3) is 2.85. The van der Waals surface area contributed by atoms with E-state index in [9.17, 15) is 4.79 Å². The van der Waals surface area contributed by atoms with Crippen LogP contribution in [-0.4, -0.2) is 59.5 Å². The summed E-state index contributed by atoms with van der Waals surface area (Å²) in [5.74, 6) is 0.938. The predicted molar refractivity (Wildman–Crippen MR) is 81.1 cm³/mol. The van der Waals surface area contributed by atoms with Gasteiger partial charge >= 0.3 is 0 Å². The number of hydrogen-bond donors (Lipinski definition) is 1. The molecule has 6 nitrogen and oxygen atoms in total. The van der Waals surface area contributed by atoms with Crippen molar-refractivity contribution in [1.82, 2.24) is 20.2 Å². The van der Waals surface area contributed by atoms with E-state index in [2.05, 4.69) is 25.1 Å². The highest BCUT2D eigenvalue weighted by molar-refractivity contribution is 5.77. The normalized spacial score (nSPS) is 21.7. The van der Waals surface area contributed by atoms with Crippen LogP contribution in [0, 0.1) is 0 Å². The summed E-state index contributed by atoms with van der Waals surface area (Å²) in [4.78, 5) is 25.0. The molecule has 1 N–H and O–H groups in total. The molecule has 1 spiro atoms. The molecule has 2 fully saturated rings. The van der Waals surface area contributed by atoms with Crippen molar-refractivity contribution >= 4 is 11.9 Å². The molecule has 2 saturated heterocycles. The molecular weight excluding hydrogens is 266 g/mol. The molecule has 3 rings (SSSR count). The monoisotopic (exact) mass is 289 g/mol. The molecule has 0 atom stereocenters. The molecule has 0 aromatic carbocycles. The Labute approximate surface area is 125 Å². The zero-order chi connectivity index (χ0) is 14.7. The first-order valence-corrected chi connectivity index (χ1v) is 7.71. The van der Waals surface area contributed by atoms with E-state index in [-0.39, 0.29) is 11.4 Å². The third-order valence-corrected chi connectivity index (χ3v) is 4.88. The minimum Gasteiger partial charge on any atom is -0.358 e. The standard InChI is InChI=1S/C15H23N5O/c1-16-13(21)12-20-9-2-4-15(20)5-10-19(11-6-15)14-17-7-3-8-18-14/h3,7-8H,2,4-6,9-12H2,1H3,(H,16,21). The first-order valence-electron chi connectivity index (χ1n) is 7.71. The van der Waals surface area contributed by atoms with Gasteiger partial charge in [0.25, 0.3) is 0 Å². The maximum atomic E-state index is 11.7. The molecule has 2 aliphatic rings. The highest BCUT2D eigenvalue weighted by Gasteiger charge is 2.43. The number of aromatic nitrogens is 2. The molecule has 114 valence electrons. The summed E-state index contributed by atoms with van der Waals surface area (Å²) in [6.07, 6.45) is 8.15. The van der Waals surface area contributed by atoms with Gasteiger partial charge in [-0.25, -0.2) is 9.97 Å². The summed E-state index contributed by atoms with van der Waals surface area (Å²) >= 11 is 0. The summed E-state index contributed by atoms with van der Waals surface area (Å²) in [5.41, 5.74) is 0.206. The molecule has 3 heterocycles. The minimum atomic E-state index is 0.116. The van der Waals surface area contributed by atoms with Crippen molar-refractivity contribution in [2.75, 3.05) is 38.1 Å². The van der Waals surface area contributed by atoms with E-state index in [1.165, 1.54) is 12.8 Å². The Morgan fingerprint density at radius 1 is 1.24 bits per heavy atom. The summed E-state index contributed by atoms with van der Waals surface area (Å²) in [7, 11) is 1.71. The van der Waals surface area contributed by atoms with Gasteiger partial charge in [-0.1, -0.05) is 0 Å². The molecule has 1 aromatic rings. The molecule has 0 saturated carbocycles. The second kappa shape index (κ2) is 5.97. The predicted octanol–water partition coefficient (Wildman–Crippen LogP) is 0.657. The Bertz CT molecular complexity index is 484. The van der Waals surface area contributed by atoms with Gasteiger partial charge < -0.3 is 10.2 Å².